The average Bonchev–Trinajstić information content (AvgIpc) is 3.01. The lowest BCUT2D eigenvalue weighted by molar-refractivity contribution is 0.959. The van der Waals surface area contributed by atoms with E-state index < -0.39 is 0 Å². The number of halogens is 1. The molecule has 0 saturated heterocycles. The van der Waals surface area contributed by atoms with Gasteiger partial charge in [-0.2, -0.15) is 4.98 Å². The lowest BCUT2D eigenvalue weighted by Crippen LogP contribution is -2.16. The van der Waals surface area contributed by atoms with Crippen molar-refractivity contribution in [2.45, 2.75) is 13.3 Å². The van der Waals surface area contributed by atoms with E-state index in [1.807, 2.05) is 37.3 Å². The van der Waals surface area contributed by atoms with E-state index in [2.05, 4.69) is 55.4 Å². The topological polar surface area (TPSA) is 41.1 Å². The van der Waals surface area contributed by atoms with Crippen molar-refractivity contribution in [2.75, 3.05) is 16.8 Å². The van der Waals surface area contributed by atoms with E-state index in [0.717, 1.165) is 34.6 Å². The molecule has 1 aliphatic rings. The van der Waals surface area contributed by atoms with E-state index in [0.29, 0.717) is 5.95 Å². The number of para-hydroxylation sites is 1. The third kappa shape index (κ3) is 2.99. The number of aryl methyl sites for hydroxylation is 1. The van der Waals surface area contributed by atoms with E-state index in [1.165, 1.54) is 11.3 Å². The number of rotatable bonds is 3. The number of fused-ring (bicyclic) bond motifs is 1. The zero-order chi connectivity index (χ0) is 16.5. The number of aromatic nitrogens is 2. The van der Waals surface area contributed by atoms with Crippen LogP contribution in [0.2, 0.25) is 0 Å². The summed E-state index contributed by atoms with van der Waals surface area (Å²) < 4.78 is 1.05. The maximum Gasteiger partial charge on any atom is 0.229 e. The smallest absolute Gasteiger partial charge is 0.229 e. The largest absolute Gasteiger partial charge is 0.326 e. The summed E-state index contributed by atoms with van der Waals surface area (Å²) in [7, 11) is 0. The molecule has 4 rings (SSSR count). The van der Waals surface area contributed by atoms with Crippen molar-refractivity contribution in [3.05, 3.63) is 70.3 Å². The summed E-state index contributed by atoms with van der Waals surface area (Å²) >= 11 is 3.45. The van der Waals surface area contributed by atoms with Crippen molar-refractivity contribution in [1.29, 1.82) is 0 Å². The van der Waals surface area contributed by atoms with Gasteiger partial charge in [0.15, 0.2) is 0 Å². The van der Waals surface area contributed by atoms with Crippen LogP contribution >= 0.6 is 15.9 Å². The van der Waals surface area contributed by atoms with Crippen LogP contribution in [0.4, 0.5) is 23.1 Å². The van der Waals surface area contributed by atoms with Crippen LogP contribution in [0.5, 0.6) is 0 Å². The van der Waals surface area contributed by atoms with Crippen molar-refractivity contribution >= 4 is 39.1 Å². The van der Waals surface area contributed by atoms with Crippen molar-refractivity contribution < 1.29 is 0 Å². The molecule has 0 spiro atoms. The van der Waals surface area contributed by atoms with Crippen LogP contribution in [0.25, 0.3) is 0 Å². The minimum absolute atomic E-state index is 0.622. The molecule has 24 heavy (non-hydrogen) atoms. The van der Waals surface area contributed by atoms with Gasteiger partial charge in [-0.3, -0.25) is 0 Å². The summed E-state index contributed by atoms with van der Waals surface area (Å²) in [5, 5.41) is 3.29. The average molecular weight is 381 g/mol. The summed E-state index contributed by atoms with van der Waals surface area (Å²) in [5.74, 6) is 1.56. The van der Waals surface area contributed by atoms with Crippen LogP contribution in [0.3, 0.4) is 0 Å². The summed E-state index contributed by atoms with van der Waals surface area (Å²) in [6.07, 6.45) is 1.05. The lowest BCUT2D eigenvalue weighted by Gasteiger charge is -2.19. The Balaban J connectivity index is 1.66. The summed E-state index contributed by atoms with van der Waals surface area (Å²) in [6.45, 7) is 2.95. The number of hydrogen-bond acceptors (Lipinski definition) is 4. The molecule has 1 aromatic heterocycles. The van der Waals surface area contributed by atoms with Crippen LogP contribution in [0.15, 0.2) is 59.1 Å². The van der Waals surface area contributed by atoms with Crippen molar-refractivity contribution in [2.24, 2.45) is 0 Å². The first-order valence-corrected chi connectivity index (χ1v) is 8.72. The Bertz CT molecular complexity index is 877. The lowest BCUT2D eigenvalue weighted by atomic mass is 10.2. The van der Waals surface area contributed by atoms with Gasteiger partial charge in [-0.15, -0.1) is 0 Å². The molecule has 5 heteroatoms. The number of nitrogens with zero attached hydrogens (tertiary/aromatic N) is 3. The summed E-state index contributed by atoms with van der Waals surface area (Å²) in [5.41, 5.74) is 4.53. The molecule has 0 aliphatic carbocycles. The van der Waals surface area contributed by atoms with E-state index in [4.69, 9.17) is 4.98 Å². The molecule has 4 nitrogen and oxygen atoms in total. The number of nitrogens with one attached hydrogen (secondary N) is 1. The summed E-state index contributed by atoms with van der Waals surface area (Å²) in [6, 6.07) is 18.5. The Labute approximate surface area is 149 Å². The highest BCUT2D eigenvalue weighted by molar-refractivity contribution is 9.10. The Kier molecular flexibility index (Phi) is 3.94. The van der Waals surface area contributed by atoms with Crippen molar-refractivity contribution in [3.63, 3.8) is 0 Å². The predicted molar refractivity (Wildman–Crippen MR) is 101 cm³/mol. The fourth-order valence-corrected chi connectivity index (χ4v) is 3.25. The van der Waals surface area contributed by atoms with Gasteiger partial charge >= 0.3 is 0 Å². The van der Waals surface area contributed by atoms with Gasteiger partial charge < -0.3 is 10.2 Å². The Morgan fingerprint density at radius 3 is 2.67 bits per heavy atom. The van der Waals surface area contributed by atoms with Gasteiger partial charge in [0, 0.05) is 34.2 Å². The second kappa shape index (κ2) is 6.24. The number of benzene rings is 2. The fourth-order valence-electron chi connectivity index (χ4n) is 2.98. The van der Waals surface area contributed by atoms with Crippen LogP contribution in [0, 0.1) is 6.92 Å². The van der Waals surface area contributed by atoms with Gasteiger partial charge in [-0.1, -0.05) is 34.1 Å². The standard InChI is InChI=1S/C19H17BrN4/c1-13-12-18(24-11-10-14-4-2-3-5-17(14)24)23-19(21-13)22-16-8-6-15(20)7-9-16/h2-9,12H,10-11H2,1H3,(H,21,22,23). The van der Waals surface area contributed by atoms with Gasteiger partial charge in [-0.05, 0) is 49.2 Å². The molecular formula is C19H17BrN4. The molecular weight excluding hydrogens is 364 g/mol. The maximum atomic E-state index is 4.72. The molecule has 0 unspecified atom stereocenters. The molecule has 120 valence electrons. The van der Waals surface area contributed by atoms with Gasteiger partial charge in [0.2, 0.25) is 5.95 Å². The molecule has 0 atom stereocenters. The quantitative estimate of drug-likeness (QED) is 0.694. The SMILES string of the molecule is Cc1cc(N2CCc3ccccc32)nc(Nc2ccc(Br)cc2)n1. The van der Waals surface area contributed by atoms with E-state index in [-0.39, 0.29) is 0 Å². The molecule has 0 fully saturated rings. The highest BCUT2D eigenvalue weighted by atomic mass is 79.9. The number of anilines is 4. The highest BCUT2D eigenvalue weighted by Crippen LogP contribution is 2.33. The van der Waals surface area contributed by atoms with Crippen LogP contribution in [0.1, 0.15) is 11.3 Å². The van der Waals surface area contributed by atoms with Crippen LogP contribution in [-0.4, -0.2) is 16.5 Å². The molecule has 1 N–H and O–H groups in total. The van der Waals surface area contributed by atoms with Gasteiger partial charge in [0.1, 0.15) is 5.82 Å². The third-order valence-electron chi connectivity index (χ3n) is 4.10. The number of hydrogen-bond donors (Lipinski definition) is 1. The molecule has 2 heterocycles. The molecule has 3 aromatic rings. The zero-order valence-electron chi connectivity index (χ0n) is 13.3. The van der Waals surface area contributed by atoms with Crippen LogP contribution < -0.4 is 10.2 Å². The van der Waals surface area contributed by atoms with E-state index in [1.54, 1.807) is 0 Å². The fraction of sp³-hybridized carbons (Fsp3) is 0.158. The monoisotopic (exact) mass is 380 g/mol. The normalized spacial score (nSPS) is 13.0. The van der Waals surface area contributed by atoms with Gasteiger partial charge in [0.05, 0.1) is 0 Å². The van der Waals surface area contributed by atoms with Gasteiger partial charge in [-0.25, -0.2) is 4.98 Å². The first kappa shape index (κ1) is 15.1. The van der Waals surface area contributed by atoms with Crippen molar-refractivity contribution in [1.82, 2.24) is 9.97 Å². The minimum atomic E-state index is 0.622. The molecule has 1 aliphatic heterocycles. The Morgan fingerprint density at radius 2 is 1.83 bits per heavy atom. The molecule has 0 radical (unpaired) electrons. The van der Waals surface area contributed by atoms with Crippen molar-refractivity contribution in [3.8, 4) is 0 Å². The summed E-state index contributed by atoms with van der Waals surface area (Å²) in [4.78, 5) is 11.5. The molecule has 2 aromatic carbocycles. The molecule has 0 amide bonds. The third-order valence-corrected chi connectivity index (χ3v) is 4.63. The first-order valence-electron chi connectivity index (χ1n) is 7.93. The second-order valence-corrected chi connectivity index (χ2v) is 6.77. The minimum Gasteiger partial charge on any atom is -0.326 e. The predicted octanol–water partition coefficient (Wildman–Crippen LogP) is 4.99. The van der Waals surface area contributed by atoms with E-state index >= 15 is 0 Å². The zero-order valence-corrected chi connectivity index (χ0v) is 14.9. The highest BCUT2D eigenvalue weighted by Gasteiger charge is 2.21. The molecule has 0 bridgehead atoms. The van der Waals surface area contributed by atoms with E-state index in [9.17, 15) is 0 Å². The van der Waals surface area contributed by atoms with Crippen LogP contribution in [-0.2, 0) is 6.42 Å². The maximum absolute atomic E-state index is 4.72. The first-order chi connectivity index (χ1) is 11.7. The molecule has 0 saturated carbocycles. The Hall–Kier alpha value is -2.40. The van der Waals surface area contributed by atoms with Gasteiger partial charge in [0.25, 0.3) is 0 Å². The Morgan fingerprint density at radius 1 is 1.04 bits per heavy atom. The second-order valence-electron chi connectivity index (χ2n) is 5.85.